The molecule has 0 saturated heterocycles. The lowest BCUT2D eigenvalue weighted by Gasteiger charge is -1.98. The largest absolute Gasteiger partial charge is 0.391 e. The van der Waals surface area contributed by atoms with Gasteiger partial charge >= 0.3 is 0 Å². The highest BCUT2D eigenvalue weighted by Gasteiger charge is 1.91. The minimum absolute atomic E-state index is 0.448. The first kappa shape index (κ1) is 12.0. The molecule has 0 amide bonds. The molecule has 0 bridgehead atoms. The summed E-state index contributed by atoms with van der Waals surface area (Å²) in [5.41, 5.74) is 2.62. The Balaban J connectivity index is 1.85. The van der Waals surface area contributed by atoms with E-state index in [0.717, 1.165) is 17.4 Å². The van der Waals surface area contributed by atoms with Crippen molar-refractivity contribution in [1.82, 2.24) is 0 Å². The second-order valence-corrected chi connectivity index (χ2v) is 3.78. The van der Waals surface area contributed by atoms with Crippen LogP contribution in [-0.2, 0) is 11.4 Å². The normalized spacial score (nSPS) is 10.4. The monoisotopic (exact) mass is 239 g/mol. The Morgan fingerprint density at radius 3 is 2.28 bits per heavy atom. The van der Waals surface area contributed by atoms with Crippen molar-refractivity contribution in [2.24, 2.45) is 5.16 Å². The van der Waals surface area contributed by atoms with Crippen molar-refractivity contribution >= 4 is 12.5 Å². The Hall–Kier alpha value is -2.42. The van der Waals surface area contributed by atoms with Crippen LogP contribution in [0.25, 0.3) is 0 Å². The van der Waals surface area contributed by atoms with E-state index < -0.39 is 0 Å². The molecule has 2 rings (SSSR count). The molecule has 2 aromatic carbocycles. The summed E-state index contributed by atoms with van der Waals surface area (Å²) in [6, 6.07) is 17.0. The van der Waals surface area contributed by atoms with E-state index in [0.29, 0.717) is 12.2 Å². The van der Waals surface area contributed by atoms with Crippen molar-refractivity contribution in [1.29, 1.82) is 0 Å². The second kappa shape index (κ2) is 6.35. The van der Waals surface area contributed by atoms with Crippen molar-refractivity contribution < 1.29 is 9.63 Å². The van der Waals surface area contributed by atoms with Crippen molar-refractivity contribution in [2.75, 3.05) is 0 Å². The highest BCUT2D eigenvalue weighted by molar-refractivity contribution is 5.82. The summed E-state index contributed by atoms with van der Waals surface area (Å²) in [5.74, 6) is 0. The molecule has 0 aliphatic rings. The predicted octanol–water partition coefficient (Wildman–Crippen LogP) is 3.05. The zero-order valence-electron chi connectivity index (χ0n) is 9.82. The maximum Gasteiger partial charge on any atom is 0.150 e. The van der Waals surface area contributed by atoms with Crippen LogP contribution in [0.15, 0.2) is 59.8 Å². The van der Waals surface area contributed by atoms with E-state index in [4.69, 9.17) is 4.84 Å². The fourth-order valence-electron chi connectivity index (χ4n) is 1.44. The number of hydrogen-bond acceptors (Lipinski definition) is 3. The highest BCUT2D eigenvalue weighted by atomic mass is 16.6. The number of carbonyl (C=O) groups excluding carboxylic acids is 1. The number of benzene rings is 2. The molecule has 90 valence electrons. The van der Waals surface area contributed by atoms with E-state index in [2.05, 4.69) is 5.16 Å². The number of rotatable bonds is 5. The Bertz CT molecular complexity index is 518. The number of nitrogens with zero attached hydrogens (tertiary/aromatic N) is 1. The lowest BCUT2D eigenvalue weighted by atomic mass is 10.2. The first-order valence-electron chi connectivity index (χ1n) is 5.63. The maximum atomic E-state index is 10.5. The fraction of sp³-hybridized carbons (Fsp3) is 0.0667. The first-order valence-corrected chi connectivity index (χ1v) is 5.63. The molecule has 0 heterocycles. The molecular formula is C15H13NO2. The predicted molar refractivity (Wildman–Crippen MR) is 70.7 cm³/mol. The molecule has 3 heteroatoms. The summed E-state index contributed by atoms with van der Waals surface area (Å²) < 4.78 is 0. The van der Waals surface area contributed by atoms with E-state index in [1.54, 1.807) is 18.3 Å². The minimum atomic E-state index is 0.448. The van der Waals surface area contributed by atoms with Gasteiger partial charge in [0.1, 0.15) is 12.9 Å². The van der Waals surface area contributed by atoms with Crippen LogP contribution >= 0.6 is 0 Å². The number of hydrogen-bond donors (Lipinski definition) is 0. The number of carbonyl (C=O) groups is 1. The second-order valence-electron chi connectivity index (χ2n) is 3.78. The van der Waals surface area contributed by atoms with E-state index in [9.17, 15) is 4.79 Å². The Morgan fingerprint density at radius 1 is 0.944 bits per heavy atom. The summed E-state index contributed by atoms with van der Waals surface area (Å²) in [7, 11) is 0. The van der Waals surface area contributed by atoms with Gasteiger partial charge in [0.15, 0.2) is 0 Å². The molecule has 0 aliphatic heterocycles. The van der Waals surface area contributed by atoms with Gasteiger partial charge in [0.05, 0.1) is 6.21 Å². The van der Waals surface area contributed by atoms with Gasteiger partial charge < -0.3 is 4.84 Å². The molecule has 0 unspecified atom stereocenters. The zero-order chi connectivity index (χ0) is 12.6. The summed E-state index contributed by atoms with van der Waals surface area (Å²) in [5, 5.41) is 3.88. The summed E-state index contributed by atoms with van der Waals surface area (Å²) in [4.78, 5) is 15.7. The molecule has 3 nitrogen and oxygen atoms in total. The average molecular weight is 239 g/mol. The lowest BCUT2D eigenvalue weighted by molar-refractivity contribution is 0.112. The van der Waals surface area contributed by atoms with E-state index in [1.807, 2.05) is 42.5 Å². The van der Waals surface area contributed by atoms with Crippen molar-refractivity contribution in [3.63, 3.8) is 0 Å². The van der Waals surface area contributed by atoms with Gasteiger partial charge in [-0.3, -0.25) is 4.79 Å². The average Bonchev–Trinajstić information content (AvgIpc) is 2.45. The lowest BCUT2D eigenvalue weighted by Crippen LogP contribution is -1.88. The fourth-order valence-corrected chi connectivity index (χ4v) is 1.44. The minimum Gasteiger partial charge on any atom is -0.391 e. The Kier molecular flexibility index (Phi) is 4.25. The van der Waals surface area contributed by atoms with Crippen molar-refractivity contribution in [3.05, 3.63) is 71.3 Å². The van der Waals surface area contributed by atoms with Crippen LogP contribution in [0, 0.1) is 0 Å². The molecular weight excluding hydrogens is 226 g/mol. The van der Waals surface area contributed by atoms with E-state index >= 15 is 0 Å². The molecule has 0 aromatic heterocycles. The summed E-state index contributed by atoms with van der Waals surface area (Å²) >= 11 is 0. The zero-order valence-corrected chi connectivity index (χ0v) is 9.82. The van der Waals surface area contributed by atoms with Crippen LogP contribution in [0.2, 0.25) is 0 Å². The van der Waals surface area contributed by atoms with Gasteiger partial charge in [-0.25, -0.2) is 0 Å². The van der Waals surface area contributed by atoms with Gasteiger partial charge in [-0.2, -0.15) is 0 Å². The van der Waals surface area contributed by atoms with Gasteiger partial charge in [0, 0.05) is 5.56 Å². The number of aldehydes is 1. The van der Waals surface area contributed by atoms with Crippen molar-refractivity contribution in [3.8, 4) is 0 Å². The molecule has 2 aromatic rings. The molecule has 18 heavy (non-hydrogen) atoms. The van der Waals surface area contributed by atoms with Gasteiger partial charge in [-0.1, -0.05) is 59.8 Å². The standard InChI is InChI=1S/C15H13NO2/c17-11-14-8-6-13(7-9-14)10-16-18-12-15-4-2-1-3-5-15/h1-11H,12H2/b16-10+. The van der Waals surface area contributed by atoms with Crippen LogP contribution in [-0.4, -0.2) is 12.5 Å². The first-order chi connectivity index (χ1) is 8.88. The van der Waals surface area contributed by atoms with Crippen LogP contribution in [0.1, 0.15) is 21.5 Å². The van der Waals surface area contributed by atoms with Gasteiger partial charge in [-0.05, 0) is 11.1 Å². The topological polar surface area (TPSA) is 38.7 Å². The van der Waals surface area contributed by atoms with Crippen LogP contribution < -0.4 is 0 Å². The number of oxime groups is 1. The summed E-state index contributed by atoms with van der Waals surface area (Å²) in [6.45, 7) is 0.448. The Morgan fingerprint density at radius 2 is 1.61 bits per heavy atom. The molecule has 0 aliphatic carbocycles. The van der Waals surface area contributed by atoms with Crippen LogP contribution in [0.3, 0.4) is 0 Å². The van der Waals surface area contributed by atoms with Crippen molar-refractivity contribution in [2.45, 2.75) is 6.61 Å². The summed E-state index contributed by atoms with van der Waals surface area (Å²) in [6.07, 6.45) is 2.43. The third-order valence-electron chi connectivity index (χ3n) is 2.42. The van der Waals surface area contributed by atoms with E-state index in [1.165, 1.54) is 0 Å². The van der Waals surface area contributed by atoms with E-state index in [-0.39, 0.29) is 0 Å². The van der Waals surface area contributed by atoms with Crippen LogP contribution in [0.4, 0.5) is 0 Å². The smallest absolute Gasteiger partial charge is 0.150 e. The van der Waals surface area contributed by atoms with Gasteiger partial charge in [0.2, 0.25) is 0 Å². The highest BCUT2D eigenvalue weighted by Crippen LogP contribution is 2.02. The molecule has 0 spiro atoms. The molecule has 0 saturated carbocycles. The molecule has 0 radical (unpaired) electrons. The quantitative estimate of drug-likeness (QED) is 0.457. The third kappa shape index (κ3) is 3.56. The SMILES string of the molecule is O=Cc1ccc(/C=N/OCc2ccccc2)cc1. The maximum absolute atomic E-state index is 10.5. The Labute approximate surface area is 106 Å². The molecule has 0 fully saturated rings. The van der Waals surface area contributed by atoms with Gasteiger partial charge in [0.25, 0.3) is 0 Å². The molecule has 0 atom stereocenters. The molecule has 0 N–H and O–H groups in total. The van der Waals surface area contributed by atoms with Gasteiger partial charge in [-0.15, -0.1) is 0 Å². The van der Waals surface area contributed by atoms with Crippen LogP contribution in [0.5, 0.6) is 0 Å². The third-order valence-corrected chi connectivity index (χ3v) is 2.42.